The van der Waals surface area contributed by atoms with Gasteiger partial charge in [0.15, 0.2) is 0 Å². The molecule has 0 amide bonds. The first-order chi connectivity index (χ1) is 12.7. The van der Waals surface area contributed by atoms with Crippen LogP contribution in [0.1, 0.15) is 30.0 Å². The summed E-state index contributed by atoms with van der Waals surface area (Å²) in [6.07, 6.45) is 5.86. The van der Waals surface area contributed by atoms with Gasteiger partial charge in [-0.2, -0.15) is 10.2 Å². The minimum atomic E-state index is -0.262. The molecule has 1 fully saturated rings. The van der Waals surface area contributed by atoms with Gasteiger partial charge in [-0.15, -0.1) is 0 Å². The highest BCUT2D eigenvalue weighted by atomic mass is 19.1. The third-order valence-electron chi connectivity index (χ3n) is 4.96. The number of benzene rings is 1. The van der Waals surface area contributed by atoms with E-state index in [0.717, 1.165) is 52.0 Å². The Balaban J connectivity index is 1.72. The molecule has 2 N–H and O–H groups in total. The number of aliphatic hydroxyl groups excluding tert-OH is 1. The summed E-state index contributed by atoms with van der Waals surface area (Å²) in [6.45, 7) is -0.0569. The molecule has 0 unspecified atom stereocenters. The van der Waals surface area contributed by atoms with Gasteiger partial charge in [0.1, 0.15) is 11.5 Å². The van der Waals surface area contributed by atoms with Crippen molar-refractivity contribution in [1.29, 1.82) is 0 Å². The summed E-state index contributed by atoms with van der Waals surface area (Å²) >= 11 is 0. The maximum absolute atomic E-state index is 13.3. The average Bonchev–Trinajstić information content (AvgIpc) is 3.28. The molecule has 1 aliphatic rings. The summed E-state index contributed by atoms with van der Waals surface area (Å²) in [7, 11) is 0. The number of halogens is 1. The van der Waals surface area contributed by atoms with E-state index in [9.17, 15) is 9.50 Å². The van der Waals surface area contributed by atoms with Crippen LogP contribution in [0.4, 0.5) is 4.39 Å². The maximum Gasteiger partial charge on any atom is 0.123 e. The first-order valence-corrected chi connectivity index (χ1v) is 8.66. The van der Waals surface area contributed by atoms with Gasteiger partial charge in [0.2, 0.25) is 0 Å². The van der Waals surface area contributed by atoms with Gasteiger partial charge in [-0.3, -0.25) is 5.10 Å². The molecule has 1 aromatic carbocycles. The number of H-pyrrole nitrogens is 1. The van der Waals surface area contributed by atoms with Crippen LogP contribution >= 0.6 is 0 Å². The number of fused-ring (bicyclic) bond motifs is 1. The van der Waals surface area contributed by atoms with Crippen molar-refractivity contribution in [2.24, 2.45) is 0 Å². The summed E-state index contributed by atoms with van der Waals surface area (Å²) in [5.74, 6) is 0.228. The van der Waals surface area contributed by atoms with Crippen LogP contribution in [0.25, 0.3) is 27.9 Å². The van der Waals surface area contributed by atoms with Gasteiger partial charge in [-0.05, 0) is 54.8 Å². The normalized spacial score (nSPS) is 14.2. The molecule has 0 spiro atoms. The van der Waals surface area contributed by atoms with Gasteiger partial charge < -0.3 is 5.11 Å². The molecule has 3 aromatic heterocycles. The summed E-state index contributed by atoms with van der Waals surface area (Å²) in [5, 5.41) is 21.6. The van der Waals surface area contributed by atoms with Crippen molar-refractivity contribution in [3.63, 3.8) is 0 Å². The molecule has 0 aliphatic heterocycles. The third kappa shape index (κ3) is 2.42. The Morgan fingerprint density at radius 3 is 2.69 bits per heavy atom. The van der Waals surface area contributed by atoms with Gasteiger partial charge in [0, 0.05) is 34.5 Å². The number of hydrogen-bond donors (Lipinski definition) is 2. The lowest BCUT2D eigenvalue weighted by Crippen LogP contribution is -1.92. The van der Waals surface area contributed by atoms with Crippen LogP contribution in [0.3, 0.4) is 0 Å². The van der Waals surface area contributed by atoms with Crippen molar-refractivity contribution in [3.8, 4) is 22.4 Å². The van der Waals surface area contributed by atoms with Crippen molar-refractivity contribution >= 4 is 5.52 Å². The summed E-state index contributed by atoms with van der Waals surface area (Å²) in [5.41, 5.74) is 6.54. The van der Waals surface area contributed by atoms with Crippen LogP contribution in [0.5, 0.6) is 0 Å². The van der Waals surface area contributed by atoms with Crippen LogP contribution < -0.4 is 0 Å². The number of hydrogen-bond acceptors (Lipinski definition) is 3. The second-order valence-electron chi connectivity index (χ2n) is 6.72. The first-order valence-electron chi connectivity index (χ1n) is 8.66. The molecule has 5 rings (SSSR count). The molecule has 3 heterocycles. The van der Waals surface area contributed by atoms with Gasteiger partial charge >= 0.3 is 0 Å². The zero-order valence-electron chi connectivity index (χ0n) is 14.0. The fraction of sp³-hybridized carbons (Fsp3) is 0.200. The van der Waals surface area contributed by atoms with Gasteiger partial charge in [0.25, 0.3) is 0 Å². The molecule has 0 radical (unpaired) electrons. The lowest BCUT2D eigenvalue weighted by molar-refractivity contribution is 0.283. The molecule has 6 heteroatoms. The van der Waals surface area contributed by atoms with Crippen molar-refractivity contribution < 1.29 is 9.50 Å². The highest BCUT2D eigenvalue weighted by Crippen LogP contribution is 2.46. The van der Waals surface area contributed by atoms with E-state index in [-0.39, 0.29) is 12.4 Å². The molecule has 0 atom stereocenters. The van der Waals surface area contributed by atoms with E-state index in [1.165, 1.54) is 12.1 Å². The number of nitrogens with zero attached hydrogens (tertiary/aromatic N) is 3. The van der Waals surface area contributed by atoms with E-state index in [1.807, 2.05) is 18.3 Å². The fourth-order valence-electron chi connectivity index (χ4n) is 3.44. The van der Waals surface area contributed by atoms with Crippen LogP contribution in [0, 0.1) is 5.82 Å². The fourth-order valence-corrected chi connectivity index (χ4v) is 3.44. The molecule has 4 aromatic rings. The van der Waals surface area contributed by atoms with Crippen LogP contribution in [-0.4, -0.2) is 24.9 Å². The van der Waals surface area contributed by atoms with E-state index < -0.39 is 0 Å². The minimum Gasteiger partial charge on any atom is -0.392 e. The molecule has 1 aliphatic carbocycles. The molecular formula is C20H17FN4O. The Morgan fingerprint density at radius 2 is 1.96 bits per heavy atom. The molecule has 1 saturated carbocycles. The van der Waals surface area contributed by atoms with E-state index in [2.05, 4.69) is 15.3 Å². The largest absolute Gasteiger partial charge is 0.392 e. The highest BCUT2D eigenvalue weighted by molar-refractivity contribution is 5.85. The average molecular weight is 348 g/mol. The summed E-state index contributed by atoms with van der Waals surface area (Å²) in [6, 6.07) is 10.4. The number of pyridine rings is 1. The molecular weight excluding hydrogens is 331 g/mol. The zero-order valence-corrected chi connectivity index (χ0v) is 14.0. The predicted molar refractivity (Wildman–Crippen MR) is 96.1 cm³/mol. The SMILES string of the molecule is OCc1cnn2ccc(-c3c(-c4ccc(F)cc4)n[nH]c3C3CC3)cc12. The predicted octanol–water partition coefficient (Wildman–Crippen LogP) is 3.90. The van der Waals surface area contributed by atoms with Crippen LogP contribution in [0.15, 0.2) is 48.8 Å². The number of rotatable bonds is 4. The van der Waals surface area contributed by atoms with E-state index >= 15 is 0 Å². The number of aliphatic hydroxyl groups is 1. The first kappa shape index (κ1) is 15.3. The van der Waals surface area contributed by atoms with Gasteiger partial charge in [-0.1, -0.05) is 0 Å². The molecule has 26 heavy (non-hydrogen) atoms. The molecule has 0 saturated heterocycles. The Labute approximate surface area is 149 Å². The Kier molecular flexibility index (Phi) is 3.39. The van der Waals surface area contributed by atoms with E-state index in [4.69, 9.17) is 0 Å². The third-order valence-corrected chi connectivity index (χ3v) is 4.96. The summed E-state index contributed by atoms with van der Waals surface area (Å²) in [4.78, 5) is 0. The Hall–Kier alpha value is -2.99. The second-order valence-corrected chi connectivity index (χ2v) is 6.72. The number of nitrogens with one attached hydrogen (secondary N) is 1. The topological polar surface area (TPSA) is 66.2 Å². The van der Waals surface area contributed by atoms with E-state index in [1.54, 1.807) is 22.8 Å². The smallest absolute Gasteiger partial charge is 0.123 e. The molecule has 5 nitrogen and oxygen atoms in total. The summed E-state index contributed by atoms with van der Waals surface area (Å²) < 4.78 is 15.1. The maximum atomic E-state index is 13.3. The lowest BCUT2D eigenvalue weighted by Gasteiger charge is -2.08. The monoisotopic (exact) mass is 348 g/mol. The molecule has 130 valence electrons. The van der Waals surface area contributed by atoms with Gasteiger partial charge in [-0.25, -0.2) is 8.91 Å². The quantitative estimate of drug-likeness (QED) is 0.588. The van der Waals surface area contributed by atoms with Crippen molar-refractivity contribution in [1.82, 2.24) is 19.8 Å². The van der Waals surface area contributed by atoms with Crippen molar-refractivity contribution in [2.45, 2.75) is 25.4 Å². The van der Waals surface area contributed by atoms with E-state index in [0.29, 0.717) is 5.92 Å². The standard InChI is InChI=1S/C20H17FN4O/c21-16-5-3-13(4-6-16)20-18(19(23-24-20)12-1-2-12)14-7-8-25-17(9-14)15(11-26)10-22-25/h3-10,12,26H,1-2,11H2,(H,23,24). The molecule has 0 bridgehead atoms. The zero-order chi connectivity index (χ0) is 17.7. The Bertz CT molecular complexity index is 1090. The van der Waals surface area contributed by atoms with Crippen molar-refractivity contribution in [3.05, 3.63) is 65.9 Å². The van der Waals surface area contributed by atoms with Crippen LogP contribution in [-0.2, 0) is 6.61 Å². The number of aromatic amines is 1. The minimum absolute atomic E-state index is 0.0569. The Morgan fingerprint density at radius 1 is 1.15 bits per heavy atom. The van der Waals surface area contributed by atoms with Crippen molar-refractivity contribution in [2.75, 3.05) is 0 Å². The second kappa shape index (κ2) is 5.78. The van der Waals surface area contributed by atoms with Crippen LogP contribution in [0.2, 0.25) is 0 Å². The van der Waals surface area contributed by atoms with Gasteiger partial charge in [0.05, 0.1) is 18.3 Å². The number of aromatic nitrogens is 4. The highest BCUT2D eigenvalue weighted by Gasteiger charge is 2.30. The lowest BCUT2D eigenvalue weighted by atomic mass is 9.97.